The third-order valence-electron chi connectivity index (χ3n) is 3.71. The second-order valence-electron chi connectivity index (χ2n) is 5.31. The van der Waals surface area contributed by atoms with Crippen LogP contribution in [0, 0.1) is 5.82 Å². The zero-order valence-electron chi connectivity index (χ0n) is 12.7. The van der Waals surface area contributed by atoms with Gasteiger partial charge in [-0.2, -0.15) is 0 Å². The van der Waals surface area contributed by atoms with Crippen LogP contribution in [0.1, 0.15) is 10.4 Å². The van der Waals surface area contributed by atoms with Gasteiger partial charge in [-0.15, -0.1) is 11.3 Å². The number of fused-ring (bicyclic) bond motifs is 1. The Morgan fingerprint density at radius 2 is 2.00 bits per heavy atom. The van der Waals surface area contributed by atoms with Crippen molar-refractivity contribution in [1.82, 2.24) is 9.38 Å². The Bertz CT molecular complexity index is 1070. The van der Waals surface area contributed by atoms with Crippen molar-refractivity contribution in [2.45, 2.75) is 0 Å². The number of hydrogen-bond donors (Lipinski definition) is 1. The second-order valence-corrected chi connectivity index (χ2v) is 6.62. The third-order valence-corrected chi connectivity index (χ3v) is 4.71. The summed E-state index contributed by atoms with van der Waals surface area (Å²) < 4.78 is 15.8. The van der Waals surface area contributed by atoms with Crippen molar-refractivity contribution in [3.63, 3.8) is 0 Å². The van der Waals surface area contributed by atoms with E-state index >= 15 is 0 Å². The maximum absolute atomic E-state index is 14.0. The molecule has 4 nitrogen and oxygen atoms in total. The van der Waals surface area contributed by atoms with Gasteiger partial charge in [-0.05, 0) is 18.2 Å². The molecule has 4 rings (SSSR count). The smallest absolute Gasteiger partial charge is 0.259 e. The number of aromatic nitrogens is 2. The lowest BCUT2D eigenvalue weighted by Crippen LogP contribution is -2.15. The minimum atomic E-state index is -0.630. The van der Waals surface area contributed by atoms with Gasteiger partial charge < -0.3 is 5.32 Å². The lowest BCUT2D eigenvalue weighted by Gasteiger charge is -2.08. The minimum Gasteiger partial charge on any atom is -0.306 e. The number of anilines is 1. The Hall–Kier alpha value is -2.70. The molecule has 0 atom stereocenters. The van der Waals surface area contributed by atoms with Crippen molar-refractivity contribution in [1.29, 1.82) is 0 Å². The Morgan fingerprint density at radius 3 is 2.80 bits per heavy atom. The number of amides is 1. The molecule has 1 N–H and O–H groups in total. The van der Waals surface area contributed by atoms with E-state index in [0.29, 0.717) is 16.5 Å². The summed E-state index contributed by atoms with van der Waals surface area (Å²) in [5.41, 5.74) is 1.38. The molecule has 0 bridgehead atoms. The number of imidazole rings is 1. The number of carbonyl (C=O) groups is 1. The van der Waals surface area contributed by atoms with Gasteiger partial charge in [0.05, 0.1) is 5.56 Å². The molecule has 0 aliphatic rings. The molecule has 0 fully saturated rings. The van der Waals surface area contributed by atoms with E-state index in [0.717, 1.165) is 10.5 Å². The van der Waals surface area contributed by atoms with E-state index in [1.807, 2.05) is 41.9 Å². The van der Waals surface area contributed by atoms with Crippen LogP contribution >= 0.6 is 22.9 Å². The SMILES string of the molecule is O=C(Nc1c(-c2ccccc2)nc2sccn12)c1cc(Cl)ccc1F. The molecule has 0 saturated carbocycles. The standard InChI is InChI=1S/C18H11ClFN3OS/c19-12-6-7-14(20)13(10-12)17(24)22-16-15(11-4-2-1-3-5-11)21-18-23(16)8-9-25-18/h1-10H,(H,22,24). The van der Waals surface area contributed by atoms with E-state index < -0.39 is 11.7 Å². The lowest BCUT2D eigenvalue weighted by molar-refractivity contribution is 0.102. The summed E-state index contributed by atoms with van der Waals surface area (Å²) in [5.74, 6) is -0.716. The molecule has 25 heavy (non-hydrogen) atoms. The highest BCUT2D eigenvalue weighted by Gasteiger charge is 2.19. The minimum absolute atomic E-state index is 0.114. The molecule has 124 valence electrons. The number of nitrogens with zero attached hydrogens (tertiary/aromatic N) is 2. The van der Waals surface area contributed by atoms with Gasteiger partial charge in [0.2, 0.25) is 0 Å². The van der Waals surface area contributed by atoms with Crippen LogP contribution in [0.3, 0.4) is 0 Å². The number of nitrogens with one attached hydrogen (secondary N) is 1. The average Bonchev–Trinajstić information content (AvgIpc) is 3.20. The summed E-state index contributed by atoms with van der Waals surface area (Å²) in [6.07, 6.45) is 1.81. The van der Waals surface area contributed by atoms with Crippen molar-refractivity contribution in [2.24, 2.45) is 0 Å². The molecule has 0 spiro atoms. The van der Waals surface area contributed by atoms with Crippen LogP contribution in [-0.2, 0) is 0 Å². The van der Waals surface area contributed by atoms with Gasteiger partial charge in [-0.3, -0.25) is 9.20 Å². The van der Waals surface area contributed by atoms with Gasteiger partial charge in [-0.1, -0.05) is 41.9 Å². The molecular formula is C18H11ClFN3OS. The number of hydrogen-bond acceptors (Lipinski definition) is 3. The van der Waals surface area contributed by atoms with Crippen LogP contribution in [0.25, 0.3) is 16.2 Å². The Morgan fingerprint density at radius 1 is 1.20 bits per heavy atom. The largest absolute Gasteiger partial charge is 0.306 e. The normalized spacial score (nSPS) is 11.0. The number of benzene rings is 2. The van der Waals surface area contributed by atoms with Crippen molar-refractivity contribution in [3.8, 4) is 11.3 Å². The molecule has 2 aromatic carbocycles. The molecule has 4 aromatic rings. The maximum Gasteiger partial charge on any atom is 0.259 e. The van der Waals surface area contributed by atoms with Crippen LogP contribution in [0.4, 0.5) is 10.2 Å². The fourth-order valence-corrected chi connectivity index (χ4v) is 3.43. The maximum atomic E-state index is 14.0. The molecular weight excluding hydrogens is 361 g/mol. The lowest BCUT2D eigenvalue weighted by atomic mass is 10.1. The molecule has 1 amide bonds. The van der Waals surface area contributed by atoms with Crippen molar-refractivity contribution in [3.05, 3.63) is 76.5 Å². The van der Waals surface area contributed by atoms with E-state index in [9.17, 15) is 9.18 Å². The zero-order valence-corrected chi connectivity index (χ0v) is 14.3. The highest BCUT2D eigenvalue weighted by Crippen LogP contribution is 2.31. The quantitative estimate of drug-likeness (QED) is 0.544. The van der Waals surface area contributed by atoms with Crippen LogP contribution < -0.4 is 5.32 Å². The zero-order chi connectivity index (χ0) is 17.4. The predicted molar refractivity (Wildman–Crippen MR) is 97.9 cm³/mol. The Kier molecular flexibility index (Phi) is 3.99. The van der Waals surface area contributed by atoms with Gasteiger partial charge in [0.1, 0.15) is 17.3 Å². The summed E-state index contributed by atoms with van der Waals surface area (Å²) in [6, 6.07) is 13.4. The summed E-state index contributed by atoms with van der Waals surface area (Å²) in [6.45, 7) is 0. The molecule has 0 aliphatic carbocycles. The van der Waals surface area contributed by atoms with E-state index in [2.05, 4.69) is 10.3 Å². The van der Waals surface area contributed by atoms with Gasteiger partial charge >= 0.3 is 0 Å². The van der Waals surface area contributed by atoms with Crippen LogP contribution in [-0.4, -0.2) is 15.3 Å². The molecule has 7 heteroatoms. The Balaban J connectivity index is 1.79. The summed E-state index contributed by atoms with van der Waals surface area (Å²) in [4.78, 5) is 17.9. The van der Waals surface area contributed by atoms with Crippen LogP contribution in [0.5, 0.6) is 0 Å². The fraction of sp³-hybridized carbons (Fsp3) is 0. The number of halogens is 2. The number of rotatable bonds is 3. The van der Waals surface area contributed by atoms with Gasteiger partial charge in [-0.25, -0.2) is 9.37 Å². The highest BCUT2D eigenvalue weighted by molar-refractivity contribution is 7.15. The van der Waals surface area contributed by atoms with Crippen molar-refractivity contribution >= 4 is 39.6 Å². The first-order chi connectivity index (χ1) is 12.1. The molecule has 2 aromatic heterocycles. The monoisotopic (exact) mass is 371 g/mol. The number of carbonyl (C=O) groups excluding carboxylic acids is 1. The molecule has 0 aliphatic heterocycles. The highest BCUT2D eigenvalue weighted by atomic mass is 35.5. The summed E-state index contributed by atoms with van der Waals surface area (Å²) >= 11 is 7.34. The van der Waals surface area contributed by atoms with E-state index in [1.165, 1.54) is 29.5 Å². The molecule has 0 unspecified atom stereocenters. The van der Waals surface area contributed by atoms with Crippen molar-refractivity contribution < 1.29 is 9.18 Å². The van der Waals surface area contributed by atoms with Gasteiger partial charge in [0.15, 0.2) is 4.96 Å². The van der Waals surface area contributed by atoms with E-state index in [4.69, 9.17) is 11.6 Å². The van der Waals surface area contributed by atoms with Gasteiger partial charge in [0, 0.05) is 22.2 Å². The van der Waals surface area contributed by atoms with Gasteiger partial charge in [0.25, 0.3) is 5.91 Å². The first kappa shape index (κ1) is 15.8. The second kappa shape index (κ2) is 6.31. The molecule has 0 saturated heterocycles. The molecule has 2 heterocycles. The van der Waals surface area contributed by atoms with Crippen LogP contribution in [0.15, 0.2) is 60.1 Å². The first-order valence-corrected chi connectivity index (χ1v) is 8.66. The summed E-state index contributed by atoms with van der Waals surface area (Å²) in [7, 11) is 0. The average molecular weight is 372 g/mol. The van der Waals surface area contributed by atoms with Crippen molar-refractivity contribution in [2.75, 3.05) is 5.32 Å². The van der Waals surface area contributed by atoms with E-state index in [-0.39, 0.29) is 5.56 Å². The Labute approximate surface area is 151 Å². The predicted octanol–water partition coefficient (Wildman–Crippen LogP) is 5.11. The molecule has 0 radical (unpaired) electrons. The van der Waals surface area contributed by atoms with Crippen LogP contribution in [0.2, 0.25) is 5.02 Å². The summed E-state index contributed by atoms with van der Waals surface area (Å²) in [5, 5.41) is 4.93. The van der Waals surface area contributed by atoms with E-state index in [1.54, 1.807) is 4.40 Å². The third kappa shape index (κ3) is 2.90. The topological polar surface area (TPSA) is 46.4 Å². The fourth-order valence-electron chi connectivity index (χ4n) is 2.55. The number of thiazole rings is 1. The first-order valence-electron chi connectivity index (χ1n) is 7.41.